The lowest BCUT2D eigenvalue weighted by atomic mass is 9.70. The van der Waals surface area contributed by atoms with E-state index < -0.39 is 0 Å². The van der Waals surface area contributed by atoms with Crippen LogP contribution in [0.3, 0.4) is 0 Å². The minimum atomic E-state index is -0.375. The van der Waals surface area contributed by atoms with Gasteiger partial charge >= 0.3 is 0 Å². The molecule has 0 bridgehead atoms. The van der Waals surface area contributed by atoms with Gasteiger partial charge in [0.2, 0.25) is 0 Å². The predicted molar refractivity (Wildman–Crippen MR) is 223 cm³/mol. The summed E-state index contributed by atoms with van der Waals surface area (Å²) in [6.45, 7) is 0. The number of fused-ring (bicyclic) bond motifs is 10. The minimum absolute atomic E-state index is 0.375. The van der Waals surface area contributed by atoms with Crippen LogP contribution >= 0.6 is 0 Å². The van der Waals surface area contributed by atoms with Gasteiger partial charge < -0.3 is 0 Å². The fourth-order valence-corrected chi connectivity index (χ4v) is 9.07. The van der Waals surface area contributed by atoms with Crippen molar-refractivity contribution in [2.75, 3.05) is 0 Å². The molecule has 2 aliphatic carbocycles. The summed E-state index contributed by atoms with van der Waals surface area (Å²) in [5, 5.41) is 0. The first kappa shape index (κ1) is 31.3. The molecule has 1 heterocycles. The Hall–Kier alpha value is -7.23. The van der Waals surface area contributed by atoms with Gasteiger partial charge in [-0.1, -0.05) is 200 Å². The summed E-state index contributed by atoms with van der Waals surface area (Å²) in [7, 11) is 0. The first-order chi connectivity index (χ1) is 27.3. The molecule has 0 radical (unpaired) electrons. The van der Waals surface area contributed by atoms with E-state index in [9.17, 15) is 0 Å². The number of rotatable bonds is 5. The molecule has 1 spiro atoms. The normalized spacial score (nSPS) is 12.9. The molecular weight excluding hydrogens is 667 g/mol. The molecule has 0 aliphatic heterocycles. The number of hydrogen-bond acceptors (Lipinski definition) is 3. The Morgan fingerprint density at radius 3 is 1.24 bits per heavy atom. The second-order valence-corrected chi connectivity index (χ2v) is 14.3. The van der Waals surface area contributed by atoms with Crippen molar-refractivity contribution in [2.45, 2.75) is 5.41 Å². The fourth-order valence-electron chi connectivity index (χ4n) is 9.07. The van der Waals surface area contributed by atoms with Crippen LogP contribution in [0.4, 0.5) is 0 Å². The summed E-state index contributed by atoms with van der Waals surface area (Å²) in [6, 6.07) is 71.4. The quantitative estimate of drug-likeness (QED) is 0.179. The summed E-state index contributed by atoms with van der Waals surface area (Å²) in [5.41, 5.74) is 17.6. The van der Waals surface area contributed by atoms with Crippen LogP contribution in [-0.2, 0) is 5.41 Å². The van der Waals surface area contributed by atoms with Crippen LogP contribution in [0.5, 0.6) is 0 Å². The molecule has 11 rings (SSSR count). The zero-order valence-electron chi connectivity index (χ0n) is 29.9. The third-order valence-corrected chi connectivity index (χ3v) is 11.4. The summed E-state index contributed by atoms with van der Waals surface area (Å²) < 4.78 is 0. The average Bonchev–Trinajstić information content (AvgIpc) is 3.75. The van der Waals surface area contributed by atoms with Crippen LogP contribution in [0.15, 0.2) is 200 Å². The SMILES string of the molecule is c1ccc(-c2nc(-c3ccc(-c4cccc5c4-c4ccccc4C54c5ccccc5-c5ccccc54)cc3)nc(-c3ccccc3-c3ccccc3)n2)cc1. The lowest BCUT2D eigenvalue weighted by molar-refractivity contribution is 0.794. The van der Waals surface area contributed by atoms with Gasteiger partial charge in [0.25, 0.3) is 0 Å². The van der Waals surface area contributed by atoms with E-state index in [4.69, 9.17) is 15.0 Å². The maximum atomic E-state index is 5.14. The van der Waals surface area contributed by atoms with Crippen LogP contribution in [0.1, 0.15) is 22.3 Å². The van der Waals surface area contributed by atoms with Crippen molar-refractivity contribution in [3.8, 4) is 78.7 Å². The fraction of sp³-hybridized carbons (Fsp3) is 0.0192. The van der Waals surface area contributed by atoms with Gasteiger partial charge in [0.05, 0.1) is 5.41 Å². The summed E-state index contributed by atoms with van der Waals surface area (Å²) >= 11 is 0. The molecule has 3 heteroatoms. The first-order valence-electron chi connectivity index (χ1n) is 18.8. The van der Waals surface area contributed by atoms with Gasteiger partial charge in [-0.25, -0.2) is 15.0 Å². The standard InChI is InChI=1S/C52H33N3/c1-3-16-34(17-4-1)38-20-7-8-23-42(38)51-54-49(36-18-5-2-6-19-36)53-50(55-51)37-32-30-35(31-33-37)39-25-15-29-47-48(39)43-24-11-14-28-46(43)52(47)44-26-12-9-21-40(44)41-22-10-13-27-45(41)52/h1-33H. The molecule has 55 heavy (non-hydrogen) atoms. The maximum absolute atomic E-state index is 5.14. The van der Waals surface area contributed by atoms with E-state index in [1.54, 1.807) is 0 Å². The maximum Gasteiger partial charge on any atom is 0.164 e. The van der Waals surface area contributed by atoms with Crippen LogP contribution in [0, 0.1) is 0 Å². The lowest BCUT2D eigenvalue weighted by Gasteiger charge is -2.30. The molecule has 0 amide bonds. The van der Waals surface area contributed by atoms with Crippen molar-refractivity contribution in [1.82, 2.24) is 15.0 Å². The van der Waals surface area contributed by atoms with E-state index in [1.165, 1.54) is 50.1 Å². The molecule has 8 aromatic carbocycles. The zero-order valence-corrected chi connectivity index (χ0v) is 29.9. The van der Waals surface area contributed by atoms with E-state index in [-0.39, 0.29) is 5.41 Å². The molecule has 0 saturated heterocycles. The number of nitrogens with zero attached hydrogens (tertiary/aromatic N) is 3. The topological polar surface area (TPSA) is 38.7 Å². The number of benzene rings is 8. The van der Waals surface area contributed by atoms with E-state index in [2.05, 4.69) is 170 Å². The van der Waals surface area contributed by atoms with Crippen LogP contribution < -0.4 is 0 Å². The molecule has 0 unspecified atom stereocenters. The third kappa shape index (κ3) is 4.73. The van der Waals surface area contributed by atoms with Crippen molar-refractivity contribution < 1.29 is 0 Å². The molecule has 2 aliphatic rings. The monoisotopic (exact) mass is 699 g/mol. The Morgan fingerprint density at radius 2 is 0.618 bits per heavy atom. The van der Waals surface area contributed by atoms with Gasteiger partial charge in [0, 0.05) is 16.7 Å². The smallest absolute Gasteiger partial charge is 0.164 e. The Labute approximate surface area is 320 Å². The van der Waals surface area contributed by atoms with Gasteiger partial charge in [-0.05, 0) is 66.8 Å². The lowest BCUT2D eigenvalue weighted by Crippen LogP contribution is -2.25. The molecule has 0 fully saturated rings. The van der Waals surface area contributed by atoms with Crippen LogP contribution in [0.25, 0.3) is 78.7 Å². The Balaban J connectivity index is 1.06. The van der Waals surface area contributed by atoms with Gasteiger partial charge in [-0.15, -0.1) is 0 Å². The highest BCUT2D eigenvalue weighted by Gasteiger charge is 2.51. The second-order valence-electron chi connectivity index (χ2n) is 14.3. The summed E-state index contributed by atoms with van der Waals surface area (Å²) in [4.78, 5) is 15.3. The highest BCUT2D eigenvalue weighted by Crippen LogP contribution is 2.63. The predicted octanol–water partition coefficient (Wildman–Crippen LogP) is 12.6. The van der Waals surface area contributed by atoms with Crippen LogP contribution in [0.2, 0.25) is 0 Å². The Kier molecular flexibility index (Phi) is 7.08. The molecule has 3 nitrogen and oxygen atoms in total. The van der Waals surface area contributed by atoms with Gasteiger partial charge in [-0.3, -0.25) is 0 Å². The van der Waals surface area contributed by atoms with E-state index in [0.29, 0.717) is 17.5 Å². The van der Waals surface area contributed by atoms with Gasteiger partial charge in [0.15, 0.2) is 17.5 Å². The van der Waals surface area contributed by atoms with Crippen molar-refractivity contribution in [3.05, 3.63) is 222 Å². The first-order valence-corrected chi connectivity index (χ1v) is 18.8. The summed E-state index contributed by atoms with van der Waals surface area (Å²) in [6.07, 6.45) is 0. The highest BCUT2D eigenvalue weighted by molar-refractivity contribution is 6.00. The van der Waals surface area contributed by atoms with Gasteiger partial charge in [0.1, 0.15) is 0 Å². The van der Waals surface area contributed by atoms with Crippen molar-refractivity contribution in [3.63, 3.8) is 0 Å². The molecule has 1 aromatic heterocycles. The molecule has 9 aromatic rings. The largest absolute Gasteiger partial charge is 0.208 e. The van der Waals surface area contributed by atoms with Gasteiger partial charge in [-0.2, -0.15) is 0 Å². The third-order valence-electron chi connectivity index (χ3n) is 11.4. The van der Waals surface area contributed by atoms with Crippen molar-refractivity contribution >= 4 is 0 Å². The minimum Gasteiger partial charge on any atom is -0.208 e. The van der Waals surface area contributed by atoms with E-state index in [1.807, 2.05) is 30.3 Å². The van der Waals surface area contributed by atoms with Crippen LogP contribution in [-0.4, -0.2) is 15.0 Å². The second kappa shape index (κ2) is 12.4. The van der Waals surface area contributed by atoms with E-state index in [0.717, 1.165) is 33.4 Å². The Bertz CT molecular complexity index is 2870. The zero-order chi connectivity index (χ0) is 36.3. The van der Waals surface area contributed by atoms with Crippen molar-refractivity contribution in [1.29, 1.82) is 0 Å². The van der Waals surface area contributed by atoms with Crippen molar-refractivity contribution in [2.24, 2.45) is 0 Å². The van der Waals surface area contributed by atoms with E-state index >= 15 is 0 Å². The molecule has 0 saturated carbocycles. The number of aromatic nitrogens is 3. The summed E-state index contributed by atoms with van der Waals surface area (Å²) in [5.74, 6) is 1.93. The molecule has 256 valence electrons. The molecule has 0 N–H and O–H groups in total. The average molecular weight is 700 g/mol. The molecular formula is C52H33N3. The highest BCUT2D eigenvalue weighted by atomic mass is 15.0. The Morgan fingerprint density at radius 1 is 0.236 bits per heavy atom. The number of hydrogen-bond donors (Lipinski definition) is 0. The molecule has 0 atom stereocenters.